The van der Waals surface area contributed by atoms with Crippen LogP contribution in [0.5, 0.6) is 0 Å². The minimum atomic E-state index is -0.815. The van der Waals surface area contributed by atoms with E-state index in [0.29, 0.717) is 12.8 Å². The summed E-state index contributed by atoms with van der Waals surface area (Å²) in [5.41, 5.74) is 0.917. The summed E-state index contributed by atoms with van der Waals surface area (Å²) in [5, 5.41) is 12.0. The van der Waals surface area contributed by atoms with Crippen LogP contribution in [0.2, 0.25) is 5.02 Å². The minimum absolute atomic E-state index is 0.107. The van der Waals surface area contributed by atoms with Gasteiger partial charge in [-0.2, -0.15) is 0 Å². The fraction of sp³-hybridized carbons (Fsp3) is 0.417. The van der Waals surface area contributed by atoms with Crippen LogP contribution in [-0.2, 0) is 11.2 Å². The monoisotopic (exact) mass is 257 g/mol. The molecule has 0 bridgehead atoms. The second-order valence-corrected chi connectivity index (χ2v) is 4.69. The summed E-state index contributed by atoms with van der Waals surface area (Å²) in [6.07, 6.45) is 2.12. The molecule has 1 aromatic carbocycles. The van der Waals surface area contributed by atoms with Gasteiger partial charge in [0.25, 0.3) is 0 Å². The van der Waals surface area contributed by atoms with Crippen molar-refractivity contribution in [2.75, 3.05) is 0 Å². The number of nitrogens with one attached hydrogen (secondary N) is 1. The van der Waals surface area contributed by atoms with Gasteiger partial charge in [-0.1, -0.05) is 17.7 Å². The highest BCUT2D eigenvalue weighted by Gasteiger charge is 2.28. The first-order valence-electron chi connectivity index (χ1n) is 5.49. The lowest BCUT2D eigenvalue weighted by Crippen LogP contribution is -2.36. The summed E-state index contributed by atoms with van der Waals surface area (Å²) in [7, 11) is 0. The van der Waals surface area contributed by atoms with Crippen LogP contribution in [0.15, 0.2) is 18.2 Å². The summed E-state index contributed by atoms with van der Waals surface area (Å²) in [6.45, 7) is 0. The molecule has 0 aliphatic carbocycles. The highest BCUT2D eigenvalue weighted by atomic mass is 35.5. The van der Waals surface area contributed by atoms with E-state index in [0.717, 1.165) is 12.0 Å². The molecule has 0 aromatic heterocycles. The molecule has 5 heteroatoms. The minimum Gasteiger partial charge on any atom is -0.480 e. The first-order valence-corrected chi connectivity index (χ1v) is 5.87. The van der Waals surface area contributed by atoms with Crippen molar-refractivity contribution in [1.29, 1.82) is 0 Å². The lowest BCUT2D eigenvalue weighted by atomic mass is 10.0. The molecule has 1 heterocycles. The standard InChI is InChI=1S/C12H13ClFNO2/c13-9-6-7(1-3-10(9)14)5-8-2-4-11(15-8)12(16)17/h1,3,6,8,11,15H,2,4-5H2,(H,16,17). The van der Waals surface area contributed by atoms with E-state index in [1.165, 1.54) is 6.07 Å². The molecule has 1 aliphatic heterocycles. The van der Waals surface area contributed by atoms with Gasteiger partial charge in [-0.05, 0) is 37.0 Å². The van der Waals surface area contributed by atoms with Gasteiger partial charge in [0.05, 0.1) is 5.02 Å². The normalized spacial score (nSPS) is 23.9. The van der Waals surface area contributed by atoms with E-state index in [9.17, 15) is 9.18 Å². The van der Waals surface area contributed by atoms with Gasteiger partial charge in [-0.3, -0.25) is 4.79 Å². The molecule has 2 rings (SSSR count). The Morgan fingerprint density at radius 3 is 2.88 bits per heavy atom. The van der Waals surface area contributed by atoms with Crippen LogP contribution >= 0.6 is 11.6 Å². The summed E-state index contributed by atoms with van der Waals surface area (Å²) >= 11 is 5.69. The van der Waals surface area contributed by atoms with Gasteiger partial charge in [-0.15, -0.1) is 0 Å². The molecule has 1 aliphatic rings. The maximum absolute atomic E-state index is 13.0. The maximum atomic E-state index is 13.0. The Morgan fingerprint density at radius 1 is 1.53 bits per heavy atom. The van der Waals surface area contributed by atoms with Crippen molar-refractivity contribution in [3.05, 3.63) is 34.6 Å². The number of aliphatic carboxylic acids is 1. The number of halogens is 2. The van der Waals surface area contributed by atoms with Gasteiger partial charge in [0.15, 0.2) is 0 Å². The molecule has 92 valence electrons. The van der Waals surface area contributed by atoms with Crippen molar-refractivity contribution in [1.82, 2.24) is 5.32 Å². The third-order valence-electron chi connectivity index (χ3n) is 3.00. The van der Waals surface area contributed by atoms with E-state index in [4.69, 9.17) is 16.7 Å². The van der Waals surface area contributed by atoms with E-state index in [-0.39, 0.29) is 11.1 Å². The zero-order chi connectivity index (χ0) is 12.4. The zero-order valence-electron chi connectivity index (χ0n) is 9.12. The summed E-state index contributed by atoms with van der Waals surface area (Å²) in [5.74, 6) is -1.25. The van der Waals surface area contributed by atoms with E-state index >= 15 is 0 Å². The van der Waals surface area contributed by atoms with Gasteiger partial charge >= 0.3 is 5.97 Å². The first-order chi connectivity index (χ1) is 8.06. The quantitative estimate of drug-likeness (QED) is 0.873. The SMILES string of the molecule is O=C(O)C1CCC(Cc2ccc(F)c(Cl)c2)N1. The highest BCUT2D eigenvalue weighted by molar-refractivity contribution is 6.30. The Morgan fingerprint density at radius 2 is 2.29 bits per heavy atom. The smallest absolute Gasteiger partial charge is 0.320 e. The van der Waals surface area contributed by atoms with Crippen molar-refractivity contribution in [3.63, 3.8) is 0 Å². The average molecular weight is 258 g/mol. The number of hydrogen-bond acceptors (Lipinski definition) is 2. The van der Waals surface area contributed by atoms with E-state index in [2.05, 4.69) is 5.32 Å². The second kappa shape index (κ2) is 5.02. The second-order valence-electron chi connectivity index (χ2n) is 4.28. The van der Waals surface area contributed by atoms with Crippen LogP contribution in [0.1, 0.15) is 18.4 Å². The van der Waals surface area contributed by atoms with Crippen LogP contribution < -0.4 is 5.32 Å². The molecule has 17 heavy (non-hydrogen) atoms. The van der Waals surface area contributed by atoms with Gasteiger partial charge in [0.2, 0.25) is 0 Å². The number of carbonyl (C=O) groups is 1. The van der Waals surface area contributed by atoms with Crippen LogP contribution in [0.3, 0.4) is 0 Å². The predicted octanol–water partition coefficient (Wildman–Crippen LogP) is 2.23. The lowest BCUT2D eigenvalue weighted by molar-refractivity contribution is -0.139. The fourth-order valence-corrected chi connectivity index (χ4v) is 2.33. The van der Waals surface area contributed by atoms with Crippen molar-refractivity contribution < 1.29 is 14.3 Å². The number of rotatable bonds is 3. The molecule has 0 amide bonds. The molecular weight excluding hydrogens is 245 g/mol. The largest absolute Gasteiger partial charge is 0.480 e. The molecule has 1 fully saturated rings. The molecule has 2 N–H and O–H groups in total. The summed E-state index contributed by atoms with van der Waals surface area (Å²) < 4.78 is 13.0. The van der Waals surface area contributed by atoms with Gasteiger partial charge in [-0.25, -0.2) is 4.39 Å². The number of benzene rings is 1. The molecule has 1 saturated heterocycles. The van der Waals surface area contributed by atoms with E-state index in [1.54, 1.807) is 12.1 Å². The Kier molecular flexibility index (Phi) is 3.64. The van der Waals surface area contributed by atoms with Gasteiger partial charge in [0.1, 0.15) is 11.9 Å². The van der Waals surface area contributed by atoms with E-state index in [1.807, 2.05) is 0 Å². The first kappa shape index (κ1) is 12.3. The fourth-order valence-electron chi connectivity index (χ4n) is 2.13. The lowest BCUT2D eigenvalue weighted by Gasteiger charge is -2.12. The average Bonchev–Trinajstić information content (AvgIpc) is 2.72. The van der Waals surface area contributed by atoms with Gasteiger partial charge in [0, 0.05) is 6.04 Å². The molecule has 3 nitrogen and oxygen atoms in total. The van der Waals surface area contributed by atoms with Crippen molar-refractivity contribution in [2.24, 2.45) is 0 Å². The third-order valence-corrected chi connectivity index (χ3v) is 3.29. The molecule has 0 saturated carbocycles. The maximum Gasteiger partial charge on any atom is 0.320 e. The molecule has 0 radical (unpaired) electrons. The molecule has 2 unspecified atom stereocenters. The number of hydrogen-bond donors (Lipinski definition) is 2. The molecule has 0 spiro atoms. The van der Waals surface area contributed by atoms with E-state index < -0.39 is 17.8 Å². The Hall–Kier alpha value is -1.13. The van der Waals surface area contributed by atoms with Crippen molar-refractivity contribution >= 4 is 17.6 Å². The van der Waals surface area contributed by atoms with Crippen molar-refractivity contribution in [3.8, 4) is 0 Å². The Balaban J connectivity index is 1.98. The van der Waals surface area contributed by atoms with Crippen LogP contribution in [-0.4, -0.2) is 23.2 Å². The number of carboxylic acid groups (broad SMARTS) is 1. The van der Waals surface area contributed by atoms with Crippen molar-refractivity contribution in [2.45, 2.75) is 31.3 Å². The highest BCUT2D eigenvalue weighted by Crippen LogP contribution is 2.20. The summed E-state index contributed by atoms with van der Waals surface area (Å²) in [4.78, 5) is 10.8. The third kappa shape index (κ3) is 2.96. The van der Waals surface area contributed by atoms with Crippen LogP contribution in [0.25, 0.3) is 0 Å². The molecule has 2 atom stereocenters. The Labute approximate surface area is 104 Å². The van der Waals surface area contributed by atoms with Gasteiger partial charge < -0.3 is 10.4 Å². The predicted molar refractivity (Wildman–Crippen MR) is 62.7 cm³/mol. The molecular formula is C12H13ClFNO2. The Bertz CT molecular complexity index is 439. The zero-order valence-corrected chi connectivity index (χ0v) is 9.88. The van der Waals surface area contributed by atoms with Crippen LogP contribution in [0.4, 0.5) is 4.39 Å². The van der Waals surface area contributed by atoms with Crippen LogP contribution in [0, 0.1) is 5.82 Å². The number of carboxylic acids is 1. The topological polar surface area (TPSA) is 49.3 Å². The summed E-state index contributed by atoms with van der Waals surface area (Å²) in [6, 6.07) is 4.26. The molecule has 1 aromatic rings.